The van der Waals surface area contributed by atoms with Gasteiger partial charge in [0.05, 0.1) is 0 Å². The van der Waals surface area contributed by atoms with Gasteiger partial charge in [-0.05, 0) is 36.1 Å². The van der Waals surface area contributed by atoms with Crippen molar-refractivity contribution in [3.63, 3.8) is 0 Å². The quantitative estimate of drug-likeness (QED) is 0.293. The number of ether oxygens (including phenoxy) is 1. The van der Waals surface area contributed by atoms with E-state index in [1.165, 1.54) is 22.2 Å². The molecule has 0 radical (unpaired) electrons. The Morgan fingerprint density at radius 1 is 1.10 bits per heavy atom. The fourth-order valence-corrected chi connectivity index (χ4v) is 4.58. The third kappa shape index (κ3) is 5.29. The number of thioether (sulfide) groups is 1. The van der Waals surface area contributed by atoms with Crippen LogP contribution in [0.2, 0.25) is 0 Å². The zero-order valence-corrected chi connectivity index (χ0v) is 18.8. The Balaban J connectivity index is 1.31. The van der Waals surface area contributed by atoms with Crippen LogP contribution in [0.15, 0.2) is 64.4 Å². The van der Waals surface area contributed by atoms with Crippen LogP contribution < -0.4 is 4.74 Å². The smallest absolute Gasteiger partial charge is 0.277 e. The van der Waals surface area contributed by atoms with E-state index in [4.69, 9.17) is 9.15 Å². The van der Waals surface area contributed by atoms with E-state index in [-0.39, 0.29) is 6.61 Å². The molecule has 2 aromatic heterocycles. The minimum Gasteiger partial charge on any atom is -0.484 e. The van der Waals surface area contributed by atoms with Crippen molar-refractivity contribution in [1.82, 2.24) is 15.2 Å². The Hall–Kier alpha value is -2.64. The first kappa shape index (κ1) is 20.6. The first-order chi connectivity index (χ1) is 14.6. The number of aryl methyl sites for hydroxylation is 1. The highest BCUT2D eigenvalue weighted by Crippen LogP contribution is 2.30. The largest absolute Gasteiger partial charge is 0.484 e. The van der Waals surface area contributed by atoms with Gasteiger partial charge in [-0.15, -0.1) is 21.5 Å². The third-order valence-electron chi connectivity index (χ3n) is 4.52. The molecule has 30 heavy (non-hydrogen) atoms. The van der Waals surface area contributed by atoms with Gasteiger partial charge in [-0.2, -0.15) is 0 Å². The van der Waals surface area contributed by atoms with Gasteiger partial charge in [-0.3, -0.25) is 0 Å². The highest BCUT2D eigenvalue weighted by Gasteiger charge is 2.11. The van der Waals surface area contributed by atoms with E-state index in [1.54, 1.807) is 11.3 Å². The average molecular weight is 438 g/mol. The minimum absolute atomic E-state index is 0.258. The second-order valence-electron chi connectivity index (χ2n) is 7.26. The normalized spacial score (nSPS) is 11.2. The third-order valence-corrected chi connectivity index (χ3v) is 6.61. The number of hydrogen-bond donors (Lipinski definition) is 0. The monoisotopic (exact) mass is 437 g/mol. The van der Waals surface area contributed by atoms with Gasteiger partial charge < -0.3 is 9.15 Å². The van der Waals surface area contributed by atoms with E-state index in [9.17, 15) is 0 Å². The van der Waals surface area contributed by atoms with Gasteiger partial charge in [0.2, 0.25) is 0 Å². The molecule has 0 aliphatic heterocycles. The van der Waals surface area contributed by atoms with E-state index in [0.717, 1.165) is 27.6 Å². The topological polar surface area (TPSA) is 61.0 Å². The maximum atomic E-state index is 5.71. The molecule has 0 aliphatic carbocycles. The second-order valence-corrected chi connectivity index (χ2v) is 9.31. The summed E-state index contributed by atoms with van der Waals surface area (Å²) in [6, 6.07) is 16.5. The molecule has 0 saturated carbocycles. The summed E-state index contributed by atoms with van der Waals surface area (Å²) in [5, 5.41) is 9.73. The van der Waals surface area contributed by atoms with Crippen LogP contribution in [-0.4, -0.2) is 15.2 Å². The molecule has 0 spiro atoms. The lowest BCUT2D eigenvalue weighted by Gasteiger charge is -2.05. The molecule has 7 heteroatoms. The van der Waals surface area contributed by atoms with Crippen LogP contribution in [-0.2, 0) is 12.4 Å². The number of nitrogens with zero attached hydrogens (tertiary/aromatic N) is 3. The molecule has 0 fully saturated rings. The molecular formula is C23H23N3O2S2. The van der Waals surface area contributed by atoms with E-state index in [0.29, 0.717) is 17.0 Å². The number of benzene rings is 2. The molecular weight excluding hydrogens is 414 g/mol. The molecule has 0 saturated heterocycles. The lowest BCUT2D eigenvalue weighted by atomic mass is 10.0. The fourth-order valence-electron chi connectivity index (χ4n) is 2.86. The summed E-state index contributed by atoms with van der Waals surface area (Å²) in [4.78, 5) is 5.73. The molecule has 154 valence electrons. The Morgan fingerprint density at radius 2 is 1.93 bits per heavy atom. The zero-order valence-electron chi connectivity index (χ0n) is 17.2. The van der Waals surface area contributed by atoms with Gasteiger partial charge in [0, 0.05) is 22.4 Å². The predicted octanol–water partition coefficient (Wildman–Crippen LogP) is 6.50. The first-order valence-electron chi connectivity index (χ1n) is 9.76. The summed E-state index contributed by atoms with van der Waals surface area (Å²) in [5.41, 5.74) is 3.63. The first-order valence-corrected chi connectivity index (χ1v) is 11.6. The Bertz CT molecular complexity index is 1100. The van der Waals surface area contributed by atoms with Gasteiger partial charge >= 0.3 is 0 Å². The lowest BCUT2D eigenvalue weighted by Crippen LogP contribution is -1.95. The second kappa shape index (κ2) is 9.45. The van der Waals surface area contributed by atoms with Gasteiger partial charge in [0.15, 0.2) is 6.61 Å². The van der Waals surface area contributed by atoms with Crippen LogP contribution in [0.5, 0.6) is 5.75 Å². The highest BCUT2D eigenvalue weighted by molar-refractivity contribution is 7.98. The molecule has 5 nitrogen and oxygen atoms in total. The van der Waals surface area contributed by atoms with Crippen molar-refractivity contribution >= 4 is 23.1 Å². The van der Waals surface area contributed by atoms with Crippen molar-refractivity contribution in [3.8, 4) is 16.3 Å². The summed E-state index contributed by atoms with van der Waals surface area (Å²) in [5.74, 6) is 2.53. The van der Waals surface area contributed by atoms with Crippen LogP contribution in [0.25, 0.3) is 10.6 Å². The highest BCUT2D eigenvalue weighted by atomic mass is 32.2. The number of rotatable bonds is 8. The summed E-state index contributed by atoms with van der Waals surface area (Å²) in [6.45, 7) is 6.69. The number of aromatic nitrogens is 3. The average Bonchev–Trinajstić information content (AvgIpc) is 3.40. The lowest BCUT2D eigenvalue weighted by molar-refractivity contribution is 0.252. The summed E-state index contributed by atoms with van der Waals surface area (Å²) in [6.07, 6.45) is 1.92. The van der Waals surface area contributed by atoms with Crippen LogP contribution in [0.3, 0.4) is 0 Å². The summed E-state index contributed by atoms with van der Waals surface area (Å²) >= 11 is 3.20. The zero-order chi connectivity index (χ0) is 20.9. The molecule has 0 bridgehead atoms. The molecule has 0 aliphatic rings. The Morgan fingerprint density at radius 3 is 2.70 bits per heavy atom. The number of hydrogen-bond acceptors (Lipinski definition) is 7. The van der Waals surface area contributed by atoms with E-state index in [1.807, 2.05) is 37.4 Å². The van der Waals surface area contributed by atoms with Gasteiger partial charge in [0.1, 0.15) is 10.8 Å². The van der Waals surface area contributed by atoms with Crippen molar-refractivity contribution in [2.75, 3.05) is 0 Å². The maximum absolute atomic E-state index is 5.71. The SMILES string of the molecule is Cc1cccc(OCc2nnc(SCc3cnc(-c4ccc(C(C)C)cc4)s3)o2)c1. The Kier molecular flexibility index (Phi) is 6.50. The molecule has 0 amide bonds. The van der Waals surface area contributed by atoms with Crippen LogP contribution in [0.1, 0.15) is 41.7 Å². The summed E-state index contributed by atoms with van der Waals surface area (Å²) in [7, 11) is 0. The van der Waals surface area contributed by atoms with E-state index in [2.05, 4.69) is 53.3 Å². The van der Waals surface area contributed by atoms with Gasteiger partial charge in [-0.1, -0.05) is 62.0 Å². The maximum Gasteiger partial charge on any atom is 0.277 e. The van der Waals surface area contributed by atoms with Crippen molar-refractivity contribution in [1.29, 1.82) is 0 Å². The molecule has 2 heterocycles. The van der Waals surface area contributed by atoms with Crippen molar-refractivity contribution < 1.29 is 9.15 Å². The molecule has 4 rings (SSSR count). The molecule has 4 aromatic rings. The van der Waals surface area contributed by atoms with Crippen LogP contribution in [0, 0.1) is 6.92 Å². The fraction of sp³-hybridized carbons (Fsp3) is 0.261. The summed E-state index contributed by atoms with van der Waals surface area (Å²) < 4.78 is 11.4. The standard InChI is InChI=1S/C23H23N3O2S2/c1-15(2)17-7-9-18(10-8-17)22-24-12-20(30-22)14-29-23-26-25-21(28-23)13-27-19-6-4-5-16(3)11-19/h4-12,15H,13-14H2,1-3H3. The number of thiazole rings is 1. The van der Waals surface area contributed by atoms with E-state index >= 15 is 0 Å². The Labute approximate surface area is 184 Å². The predicted molar refractivity (Wildman–Crippen MR) is 121 cm³/mol. The minimum atomic E-state index is 0.258. The van der Waals surface area contributed by atoms with Crippen molar-refractivity contribution in [2.45, 2.75) is 44.3 Å². The van der Waals surface area contributed by atoms with Crippen molar-refractivity contribution in [2.24, 2.45) is 0 Å². The van der Waals surface area contributed by atoms with Gasteiger partial charge in [-0.25, -0.2) is 4.98 Å². The molecule has 0 atom stereocenters. The molecule has 0 unspecified atom stereocenters. The molecule has 2 aromatic carbocycles. The molecule has 0 N–H and O–H groups in total. The van der Waals surface area contributed by atoms with Crippen LogP contribution >= 0.6 is 23.1 Å². The van der Waals surface area contributed by atoms with Crippen LogP contribution in [0.4, 0.5) is 0 Å². The van der Waals surface area contributed by atoms with Gasteiger partial charge in [0.25, 0.3) is 11.1 Å². The van der Waals surface area contributed by atoms with E-state index < -0.39 is 0 Å². The van der Waals surface area contributed by atoms with Crippen molar-refractivity contribution in [3.05, 3.63) is 76.6 Å².